The average molecular weight is 1190 g/mol. The zero-order valence-corrected chi connectivity index (χ0v) is 56.2. The minimum absolute atomic E-state index is 0.0426. The average Bonchev–Trinajstić information content (AvgIpc) is 3.61. The van der Waals surface area contributed by atoms with E-state index in [0.29, 0.717) is 17.4 Å². The van der Waals surface area contributed by atoms with Crippen molar-refractivity contribution >= 4 is 19.8 Å². The molecule has 0 N–H and O–H groups in total. The number of hydrogen-bond donors (Lipinski definition) is 0. The Kier molecular flexibility index (Phi) is 62.1. The highest BCUT2D eigenvalue weighted by Gasteiger charge is 2.22. The highest BCUT2D eigenvalue weighted by Crippen LogP contribution is 2.38. The van der Waals surface area contributed by atoms with E-state index in [1.807, 2.05) is 21.1 Å². The molecule has 0 saturated heterocycles. The molecule has 0 aromatic heterocycles. The molecule has 0 heterocycles. The summed E-state index contributed by atoms with van der Waals surface area (Å²) < 4.78 is 34.2. The van der Waals surface area contributed by atoms with E-state index >= 15 is 0 Å². The number of unbranched alkanes of at least 4 members (excludes halogenated alkanes) is 34. The third-order valence-corrected chi connectivity index (χ3v) is 16.1. The van der Waals surface area contributed by atoms with E-state index in [-0.39, 0.29) is 26.1 Å². The molecule has 0 saturated carbocycles. The first kappa shape index (κ1) is 80.9. The minimum atomic E-state index is -4.66. The fraction of sp³-hybridized carbons (Fsp3) is 0.757. The Morgan fingerprint density at radius 2 is 0.679 bits per heavy atom. The van der Waals surface area contributed by atoms with Crippen LogP contribution in [0.4, 0.5) is 0 Å². The second-order valence-electron chi connectivity index (χ2n) is 24.5. The van der Waals surface area contributed by atoms with Gasteiger partial charge in [0.05, 0.1) is 27.7 Å². The second kappa shape index (κ2) is 64.4. The monoisotopic (exact) mass is 1190 g/mol. The number of nitrogens with zero attached hydrogens (tertiary/aromatic N) is 1. The number of quaternary nitrogens is 1. The van der Waals surface area contributed by atoms with E-state index in [2.05, 4.69) is 111 Å². The Labute approximate surface area is 519 Å². The van der Waals surface area contributed by atoms with E-state index in [1.165, 1.54) is 199 Å². The molecule has 0 spiro atoms. The van der Waals surface area contributed by atoms with E-state index in [1.54, 1.807) is 0 Å². The van der Waals surface area contributed by atoms with Gasteiger partial charge >= 0.3 is 11.9 Å². The van der Waals surface area contributed by atoms with Crippen molar-refractivity contribution in [2.75, 3.05) is 47.5 Å². The van der Waals surface area contributed by atoms with Crippen molar-refractivity contribution in [2.24, 2.45) is 0 Å². The number of allylic oxidation sites excluding steroid dienone is 16. The zero-order chi connectivity index (χ0) is 61.2. The highest BCUT2D eigenvalue weighted by molar-refractivity contribution is 7.45. The summed E-state index contributed by atoms with van der Waals surface area (Å²) in [4.78, 5) is 38.0. The number of hydrogen-bond acceptors (Lipinski definition) is 8. The maximum absolute atomic E-state index is 12.8. The van der Waals surface area contributed by atoms with Crippen LogP contribution in [0, 0.1) is 0 Å². The van der Waals surface area contributed by atoms with Crippen LogP contribution in [0.3, 0.4) is 0 Å². The Morgan fingerprint density at radius 1 is 0.381 bits per heavy atom. The van der Waals surface area contributed by atoms with Gasteiger partial charge < -0.3 is 27.9 Å². The number of likely N-dealkylation sites (N-methyl/N-ethyl adjacent to an activating group) is 1. The molecule has 0 aliphatic heterocycles. The molecule has 0 aromatic rings. The van der Waals surface area contributed by atoms with Gasteiger partial charge in [-0.25, -0.2) is 0 Å². The van der Waals surface area contributed by atoms with E-state index in [0.717, 1.165) is 77.0 Å². The Morgan fingerprint density at radius 3 is 1.04 bits per heavy atom. The molecule has 0 fully saturated rings. The number of rotatable bonds is 64. The molecular weight excluding hydrogens is 1060 g/mol. The van der Waals surface area contributed by atoms with Crippen LogP contribution in [0.5, 0.6) is 0 Å². The van der Waals surface area contributed by atoms with Crippen molar-refractivity contribution in [1.29, 1.82) is 0 Å². The lowest BCUT2D eigenvalue weighted by Crippen LogP contribution is -2.37. The topological polar surface area (TPSA) is 111 Å². The van der Waals surface area contributed by atoms with E-state index in [4.69, 9.17) is 18.5 Å². The van der Waals surface area contributed by atoms with Crippen LogP contribution in [0.25, 0.3) is 0 Å². The molecule has 0 bridgehead atoms. The van der Waals surface area contributed by atoms with Crippen molar-refractivity contribution in [3.05, 3.63) is 97.2 Å². The van der Waals surface area contributed by atoms with Gasteiger partial charge in [0.2, 0.25) is 0 Å². The SMILES string of the molecule is CC/C=C\C/C=C\C/C=C\C/C=C\C/C=C\C/C=C\CCCCC(=O)OC(COC(=O)CCCCCCCCCCCCCCCCCCCCCCCCCCCCC/C=C\C/C=C\CCCCCCC)COP(=O)([O-])OCC[N+](C)(C)C. The van der Waals surface area contributed by atoms with Crippen molar-refractivity contribution in [2.45, 2.75) is 315 Å². The van der Waals surface area contributed by atoms with E-state index < -0.39 is 32.5 Å². The number of esters is 2. The summed E-state index contributed by atoms with van der Waals surface area (Å²) in [5, 5.41) is 0. The Bertz CT molecular complexity index is 1740. The maximum atomic E-state index is 12.8. The molecule has 2 unspecified atom stereocenters. The standard InChI is InChI=1S/C74H132NO8P/c1-6-8-10-12-14-16-18-20-22-24-26-28-29-30-31-32-33-34-35-36-37-38-39-40-41-42-43-44-45-47-48-50-52-54-56-58-60-62-64-66-73(76)80-70-72(71-82-84(78,79)81-69-68-75(3,4)5)83-74(77)67-65-63-61-59-57-55-53-51-49-46-27-25-23-21-19-17-15-13-11-9-7-2/h9,11,15,17-18,20-21,23-24,26-27,46,51,53,57,59,72H,6-8,10,12-14,16,19,22,25,28-45,47-50,52,54-56,58,60-71H2,1-5H3/b11-9-,17-15-,20-18-,23-21-,26-24-,46-27-,53-51-,59-57-. The number of carbonyl (C=O) groups excluding carboxylic acids is 2. The Balaban J connectivity index is 3.97. The van der Waals surface area contributed by atoms with Crippen LogP contribution in [-0.4, -0.2) is 70.0 Å². The van der Waals surface area contributed by atoms with Crippen LogP contribution in [0.2, 0.25) is 0 Å². The van der Waals surface area contributed by atoms with Gasteiger partial charge in [-0.1, -0.05) is 297 Å². The predicted molar refractivity (Wildman–Crippen MR) is 360 cm³/mol. The zero-order valence-electron chi connectivity index (χ0n) is 55.3. The molecule has 0 rings (SSSR count). The van der Waals surface area contributed by atoms with Gasteiger partial charge in [0.15, 0.2) is 6.10 Å². The third kappa shape index (κ3) is 68.0. The fourth-order valence-corrected chi connectivity index (χ4v) is 10.5. The van der Waals surface area contributed by atoms with Crippen LogP contribution >= 0.6 is 7.82 Å². The molecule has 486 valence electrons. The van der Waals surface area contributed by atoms with Gasteiger partial charge in [0, 0.05) is 12.8 Å². The van der Waals surface area contributed by atoms with Gasteiger partial charge in [0.1, 0.15) is 19.8 Å². The second-order valence-corrected chi connectivity index (χ2v) is 25.9. The first-order valence-electron chi connectivity index (χ1n) is 34.9. The molecule has 2 atom stereocenters. The highest BCUT2D eigenvalue weighted by atomic mass is 31.2. The number of phosphoric ester groups is 1. The lowest BCUT2D eigenvalue weighted by Gasteiger charge is -2.28. The van der Waals surface area contributed by atoms with Crippen molar-refractivity contribution in [1.82, 2.24) is 0 Å². The summed E-state index contributed by atoms with van der Waals surface area (Å²) in [5.74, 6) is -0.879. The maximum Gasteiger partial charge on any atom is 0.306 e. The van der Waals surface area contributed by atoms with Crippen molar-refractivity contribution in [3.8, 4) is 0 Å². The van der Waals surface area contributed by atoms with E-state index in [9.17, 15) is 19.0 Å². The van der Waals surface area contributed by atoms with Crippen LogP contribution in [-0.2, 0) is 32.7 Å². The van der Waals surface area contributed by atoms with Crippen molar-refractivity contribution in [3.63, 3.8) is 0 Å². The molecule has 0 aromatic carbocycles. The number of carbonyl (C=O) groups is 2. The number of phosphoric acid groups is 1. The Hall–Kier alpha value is -3.07. The van der Waals surface area contributed by atoms with Crippen molar-refractivity contribution < 1.29 is 42.1 Å². The molecule has 0 radical (unpaired) electrons. The largest absolute Gasteiger partial charge is 0.756 e. The summed E-state index contributed by atoms with van der Waals surface area (Å²) in [7, 11) is 1.14. The first-order valence-corrected chi connectivity index (χ1v) is 36.4. The van der Waals surface area contributed by atoms with Gasteiger partial charge in [0.25, 0.3) is 7.82 Å². The fourth-order valence-electron chi connectivity index (χ4n) is 9.75. The summed E-state index contributed by atoms with van der Waals surface area (Å²) in [6.07, 6.45) is 89.5. The predicted octanol–water partition coefficient (Wildman–Crippen LogP) is 22.1. The molecule has 9 nitrogen and oxygen atoms in total. The van der Waals surface area contributed by atoms with Crippen LogP contribution in [0.1, 0.15) is 309 Å². The van der Waals surface area contributed by atoms with Gasteiger partial charge in [-0.05, 0) is 96.3 Å². The molecular formula is C74H132NO8P. The van der Waals surface area contributed by atoms with Crippen LogP contribution in [0.15, 0.2) is 97.2 Å². The van der Waals surface area contributed by atoms with Gasteiger partial charge in [-0.3, -0.25) is 14.2 Å². The summed E-state index contributed by atoms with van der Waals surface area (Å²) in [5.41, 5.74) is 0. The molecule has 84 heavy (non-hydrogen) atoms. The minimum Gasteiger partial charge on any atom is -0.756 e. The third-order valence-electron chi connectivity index (χ3n) is 15.1. The molecule has 0 aliphatic carbocycles. The normalized spacial score (nSPS) is 13.7. The van der Waals surface area contributed by atoms with Crippen LogP contribution < -0.4 is 4.89 Å². The first-order chi connectivity index (χ1) is 41.0. The molecule has 0 aliphatic rings. The quantitative estimate of drug-likeness (QED) is 0.0195. The van der Waals surface area contributed by atoms with Gasteiger partial charge in [-0.15, -0.1) is 0 Å². The molecule has 10 heteroatoms. The van der Waals surface area contributed by atoms with Gasteiger partial charge in [-0.2, -0.15) is 0 Å². The lowest BCUT2D eigenvalue weighted by atomic mass is 10.0. The smallest absolute Gasteiger partial charge is 0.306 e. The molecule has 0 amide bonds. The number of ether oxygens (including phenoxy) is 2. The summed E-state index contributed by atoms with van der Waals surface area (Å²) in [6, 6.07) is 0. The lowest BCUT2D eigenvalue weighted by molar-refractivity contribution is -0.870. The summed E-state index contributed by atoms with van der Waals surface area (Å²) in [6.45, 7) is 4.09. The summed E-state index contributed by atoms with van der Waals surface area (Å²) >= 11 is 0.